The van der Waals surface area contributed by atoms with Gasteiger partial charge in [0.05, 0.1) is 6.10 Å². The van der Waals surface area contributed by atoms with Crippen molar-refractivity contribution in [2.45, 2.75) is 53.1 Å². The molecule has 1 heterocycles. The maximum absolute atomic E-state index is 5.80. The van der Waals surface area contributed by atoms with E-state index in [1.54, 1.807) is 0 Å². The molecule has 0 aromatic heterocycles. The van der Waals surface area contributed by atoms with Crippen molar-refractivity contribution in [3.05, 3.63) is 0 Å². The zero-order valence-corrected chi connectivity index (χ0v) is 17.9. The molecule has 154 valence electrons. The number of hydrogen-bond acceptors (Lipinski definition) is 4. The maximum atomic E-state index is 5.80. The minimum absolute atomic E-state index is 0.318. The highest BCUT2D eigenvalue weighted by molar-refractivity contribution is 5.79. The highest BCUT2D eigenvalue weighted by atomic mass is 16.5. The lowest BCUT2D eigenvalue weighted by Crippen LogP contribution is -2.46. The van der Waals surface area contributed by atoms with E-state index in [9.17, 15) is 0 Å². The topological polar surface area (TPSA) is 52.1 Å². The van der Waals surface area contributed by atoms with Crippen LogP contribution in [0.15, 0.2) is 4.99 Å². The summed E-state index contributed by atoms with van der Waals surface area (Å²) in [4.78, 5) is 9.45. The van der Waals surface area contributed by atoms with Crippen LogP contribution in [0.2, 0.25) is 0 Å². The molecule has 0 spiro atoms. The SMILES string of the molecule is CCOC(CCNC(=NC)NCCCCN1CCN(CC)CC1)C(C)C. The molecule has 0 aromatic rings. The van der Waals surface area contributed by atoms with Crippen LogP contribution >= 0.6 is 0 Å². The molecule has 0 aromatic carbocycles. The molecular formula is C20H43N5O. The zero-order chi connectivity index (χ0) is 19.2. The minimum atomic E-state index is 0.318. The molecule has 2 N–H and O–H groups in total. The first-order valence-electron chi connectivity index (χ1n) is 10.6. The zero-order valence-electron chi connectivity index (χ0n) is 17.9. The summed E-state index contributed by atoms with van der Waals surface area (Å²) in [7, 11) is 1.84. The lowest BCUT2D eigenvalue weighted by Gasteiger charge is -2.34. The highest BCUT2D eigenvalue weighted by Gasteiger charge is 2.15. The number of nitrogens with zero attached hydrogens (tertiary/aromatic N) is 3. The number of nitrogens with one attached hydrogen (secondary N) is 2. The van der Waals surface area contributed by atoms with E-state index in [0.717, 1.165) is 32.1 Å². The van der Waals surface area contributed by atoms with Crippen molar-refractivity contribution in [2.24, 2.45) is 10.9 Å². The van der Waals surface area contributed by atoms with Gasteiger partial charge in [0, 0.05) is 52.9 Å². The predicted octanol–water partition coefficient (Wildman–Crippen LogP) is 2.02. The Bertz CT molecular complexity index is 367. The summed E-state index contributed by atoms with van der Waals surface area (Å²) in [5, 5.41) is 6.84. The number of hydrogen-bond donors (Lipinski definition) is 2. The normalized spacial score (nSPS) is 18.3. The Morgan fingerprint density at radius 3 is 2.23 bits per heavy atom. The number of piperazine rings is 1. The van der Waals surface area contributed by atoms with E-state index in [1.807, 2.05) is 7.05 Å². The molecule has 1 aliphatic rings. The van der Waals surface area contributed by atoms with Crippen LogP contribution in [0.3, 0.4) is 0 Å². The van der Waals surface area contributed by atoms with E-state index in [1.165, 1.54) is 52.1 Å². The van der Waals surface area contributed by atoms with Gasteiger partial charge >= 0.3 is 0 Å². The van der Waals surface area contributed by atoms with Crippen molar-refractivity contribution in [2.75, 3.05) is 66.0 Å². The molecule has 26 heavy (non-hydrogen) atoms. The van der Waals surface area contributed by atoms with Gasteiger partial charge in [0.15, 0.2) is 5.96 Å². The van der Waals surface area contributed by atoms with Gasteiger partial charge in [-0.25, -0.2) is 0 Å². The second-order valence-corrected chi connectivity index (χ2v) is 7.44. The summed E-state index contributed by atoms with van der Waals surface area (Å²) in [6, 6.07) is 0. The predicted molar refractivity (Wildman–Crippen MR) is 112 cm³/mol. The molecule has 6 nitrogen and oxygen atoms in total. The largest absolute Gasteiger partial charge is 0.378 e. The molecular weight excluding hydrogens is 326 g/mol. The fourth-order valence-electron chi connectivity index (χ4n) is 3.37. The van der Waals surface area contributed by atoms with Crippen molar-refractivity contribution in [1.29, 1.82) is 0 Å². The Hall–Kier alpha value is -0.850. The van der Waals surface area contributed by atoms with Crippen LogP contribution in [-0.4, -0.2) is 87.9 Å². The van der Waals surface area contributed by atoms with E-state index in [2.05, 4.69) is 53.1 Å². The van der Waals surface area contributed by atoms with Crippen molar-refractivity contribution in [3.8, 4) is 0 Å². The molecule has 0 aliphatic carbocycles. The minimum Gasteiger partial charge on any atom is -0.378 e. The Morgan fingerprint density at radius 1 is 1.00 bits per heavy atom. The Kier molecular flexibility index (Phi) is 12.7. The molecule has 6 heteroatoms. The number of likely N-dealkylation sites (N-methyl/N-ethyl adjacent to an activating group) is 1. The monoisotopic (exact) mass is 369 g/mol. The second kappa shape index (κ2) is 14.2. The molecule has 1 aliphatic heterocycles. The lowest BCUT2D eigenvalue weighted by atomic mass is 10.0. The summed E-state index contributed by atoms with van der Waals surface area (Å²) >= 11 is 0. The number of guanidine groups is 1. The van der Waals surface area contributed by atoms with E-state index >= 15 is 0 Å². The third kappa shape index (κ3) is 9.74. The summed E-state index contributed by atoms with van der Waals surface area (Å²) in [6.07, 6.45) is 3.76. The van der Waals surface area contributed by atoms with Crippen LogP contribution in [0.25, 0.3) is 0 Å². The standard InChI is InChI=1S/C20H43N5O/c1-6-24-14-16-25(17-15-24)13-9-8-11-22-20(21-5)23-12-10-19(18(3)4)26-7-2/h18-19H,6-17H2,1-5H3,(H2,21,22,23). The van der Waals surface area contributed by atoms with Crippen molar-refractivity contribution < 1.29 is 4.74 Å². The first kappa shape index (κ1) is 23.2. The summed E-state index contributed by atoms with van der Waals surface area (Å²) in [5.41, 5.74) is 0. The molecule has 1 fully saturated rings. The third-order valence-corrected chi connectivity index (χ3v) is 5.17. The fraction of sp³-hybridized carbons (Fsp3) is 0.950. The van der Waals surface area contributed by atoms with Gasteiger partial charge in [0.25, 0.3) is 0 Å². The van der Waals surface area contributed by atoms with Gasteiger partial charge in [-0.15, -0.1) is 0 Å². The van der Waals surface area contributed by atoms with Gasteiger partial charge in [-0.05, 0) is 45.2 Å². The van der Waals surface area contributed by atoms with Crippen LogP contribution in [0.5, 0.6) is 0 Å². The average Bonchev–Trinajstić information content (AvgIpc) is 2.65. The number of aliphatic imine (C=N–C) groups is 1. The number of ether oxygens (including phenoxy) is 1. The van der Waals surface area contributed by atoms with Crippen molar-refractivity contribution >= 4 is 5.96 Å². The third-order valence-electron chi connectivity index (χ3n) is 5.17. The molecule has 0 saturated carbocycles. The number of rotatable bonds is 12. The maximum Gasteiger partial charge on any atom is 0.190 e. The average molecular weight is 370 g/mol. The van der Waals surface area contributed by atoms with Crippen LogP contribution in [0, 0.1) is 5.92 Å². The van der Waals surface area contributed by atoms with Crippen LogP contribution < -0.4 is 10.6 Å². The molecule has 1 saturated heterocycles. The Morgan fingerprint density at radius 2 is 1.65 bits per heavy atom. The highest BCUT2D eigenvalue weighted by Crippen LogP contribution is 2.09. The van der Waals surface area contributed by atoms with Gasteiger partial charge in [0.1, 0.15) is 0 Å². The molecule has 0 amide bonds. The number of unbranched alkanes of at least 4 members (excludes halogenated alkanes) is 1. The Balaban J connectivity index is 2.07. The fourth-order valence-corrected chi connectivity index (χ4v) is 3.37. The van der Waals surface area contributed by atoms with Gasteiger partial charge < -0.3 is 25.2 Å². The van der Waals surface area contributed by atoms with Gasteiger partial charge in [-0.3, -0.25) is 4.99 Å². The van der Waals surface area contributed by atoms with Crippen molar-refractivity contribution in [3.63, 3.8) is 0 Å². The van der Waals surface area contributed by atoms with Gasteiger partial charge in [-0.2, -0.15) is 0 Å². The van der Waals surface area contributed by atoms with Gasteiger partial charge in [0.2, 0.25) is 0 Å². The molecule has 1 atom stereocenters. The smallest absolute Gasteiger partial charge is 0.190 e. The molecule has 1 unspecified atom stereocenters. The summed E-state index contributed by atoms with van der Waals surface area (Å²) in [6.45, 7) is 18.7. The molecule has 0 radical (unpaired) electrons. The first-order valence-corrected chi connectivity index (χ1v) is 10.6. The van der Waals surface area contributed by atoms with E-state index in [-0.39, 0.29) is 0 Å². The van der Waals surface area contributed by atoms with E-state index in [4.69, 9.17) is 4.74 Å². The first-order chi connectivity index (χ1) is 12.6. The second-order valence-electron chi connectivity index (χ2n) is 7.44. The van der Waals surface area contributed by atoms with E-state index in [0.29, 0.717) is 12.0 Å². The van der Waals surface area contributed by atoms with E-state index < -0.39 is 0 Å². The summed E-state index contributed by atoms with van der Waals surface area (Å²) < 4.78 is 5.80. The summed E-state index contributed by atoms with van der Waals surface area (Å²) in [5.74, 6) is 1.45. The van der Waals surface area contributed by atoms with Gasteiger partial charge in [-0.1, -0.05) is 20.8 Å². The van der Waals surface area contributed by atoms with Crippen LogP contribution in [-0.2, 0) is 4.74 Å². The Labute approximate surface area is 161 Å². The lowest BCUT2D eigenvalue weighted by molar-refractivity contribution is 0.0258. The van der Waals surface area contributed by atoms with Crippen molar-refractivity contribution in [1.82, 2.24) is 20.4 Å². The molecule has 1 rings (SSSR count). The quantitative estimate of drug-likeness (QED) is 0.313. The van der Waals surface area contributed by atoms with Crippen LogP contribution in [0.4, 0.5) is 0 Å². The molecule has 0 bridgehead atoms. The van der Waals surface area contributed by atoms with Crippen LogP contribution in [0.1, 0.15) is 47.0 Å².